The minimum absolute atomic E-state index is 0.251. The Morgan fingerprint density at radius 1 is 0.373 bits per heavy atom. The molecule has 4 heterocycles. The smallest absolute Gasteiger partial charge is 0.159 e. The third-order valence-corrected chi connectivity index (χ3v) is 12.9. The lowest BCUT2D eigenvalue weighted by molar-refractivity contribution is 0.652. The molecule has 0 spiro atoms. The van der Waals surface area contributed by atoms with Crippen molar-refractivity contribution in [2.24, 2.45) is 0 Å². The summed E-state index contributed by atoms with van der Waals surface area (Å²) in [5, 5.41) is 12.1. The Morgan fingerprint density at radius 2 is 0.712 bits per heavy atom. The van der Waals surface area contributed by atoms with E-state index in [0.717, 1.165) is 60.7 Å². The van der Waals surface area contributed by atoms with Gasteiger partial charge in [-0.25, -0.2) is 19.9 Å². The van der Waals surface area contributed by atoms with Crippen LogP contribution in [-0.4, -0.2) is 29.1 Å². The first-order valence-electron chi connectivity index (χ1n) is 20.1. The lowest BCUT2D eigenvalue weighted by Gasteiger charge is -2.34. The Kier molecular flexibility index (Phi) is 6.41. The van der Waals surface area contributed by atoms with E-state index in [1.807, 2.05) is 24.8 Å². The number of aromatic nitrogens is 6. The van der Waals surface area contributed by atoms with Crippen molar-refractivity contribution in [2.45, 2.75) is 19.3 Å². The average molecular weight is 755 g/mol. The SMILES string of the molecule is CC1(C)c2cccc3c(-c4ncc(-n5c6ccccc6c6ccccc65)cn4)cc4cc(-c5ncc(-n6c7ccccc7c7ccccc76)cn5)c5cccc1c5c4c23. The highest BCUT2D eigenvalue weighted by Gasteiger charge is 2.34. The number of benzene rings is 8. The van der Waals surface area contributed by atoms with Crippen LogP contribution in [0.4, 0.5) is 0 Å². The average Bonchev–Trinajstić information content (AvgIpc) is 3.81. The predicted molar refractivity (Wildman–Crippen MR) is 242 cm³/mol. The molecule has 0 unspecified atom stereocenters. The minimum atomic E-state index is -0.251. The molecule has 12 aromatic rings. The van der Waals surface area contributed by atoms with Gasteiger partial charge in [-0.05, 0) is 79.8 Å². The first kappa shape index (κ1) is 32.4. The van der Waals surface area contributed by atoms with Gasteiger partial charge in [0.25, 0.3) is 0 Å². The zero-order valence-electron chi connectivity index (χ0n) is 32.3. The molecule has 0 radical (unpaired) electrons. The van der Waals surface area contributed by atoms with Crippen LogP contribution in [0, 0.1) is 0 Å². The summed E-state index contributed by atoms with van der Waals surface area (Å²) in [5.41, 5.74) is 10.8. The van der Waals surface area contributed by atoms with E-state index in [-0.39, 0.29) is 5.41 Å². The van der Waals surface area contributed by atoms with Gasteiger partial charge in [0.2, 0.25) is 0 Å². The molecule has 0 fully saturated rings. The van der Waals surface area contributed by atoms with Gasteiger partial charge < -0.3 is 9.13 Å². The zero-order chi connectivity index (χ0) is 39.0. The first-order chi connectivity index (χ1) is 29.0. The van der Waals surface area contributed by atoms with E-state index in [4.69, 9.17) is 19.9 Å². The molecule has 276 valence electrons. The molecular weight excluding hydrogens is 721 g/mol. The Balaban J connectivity index is 1.02. The summed E-state index contributed by atoms with van der Waals surface area (Å²) in [6.07, 6.45) is 7.86. The van der Waals surface area contributed by atoms with Crippen molar-refractivity contribution in [3.05, 3.63) is 182 Å². The van der Waals surface area contributed by atoms with Gasteiger partial charge in [-0.3, -0.25) is 0 Å². The fourth-order valence-electron chi connectivity index (χ4n) is 10.3. The molecule has 6 heteroatoms. The maximum atomic E-state index is 5.12. The Labute approximate surface area is 338 Å². The summed E-state index contributed by atoms with van der Waals surface area (Å²) >= 11 is 0. The molecule has 6 nitrogen and oxygen atoms in total. The summed E-state index contributed by atoms with van der Waals surface area (Å²) in [6.45, 7) is 4.69. The normalized spacial score (nSPS) is 13.4. The molecular formula is C53H34N6. The molecule has 0 saturated heterocycles. The lowest BCUT2D eigenvalue weighted by Crippen LogP contribution is -2.22. The van der Waals surface area contributed by atoms with Gasteiger partial charge in [0, 0.05) is 38.1 Å². The molecule has 0 atom stereocenters. The molecule has 0 aliphatic heterocycles. The maximum Gasteiger partial charge on any atom is 0.159 e. The number of para-hydroxylation sites is 4. The van der Waals surface area contributed by atoms with Crippen LogP contribution in [0.1, 0.15) is 25.0 Å². The van der Waals surface area contributed by atoms with Crippen LogP contribution in [0.5, 0.6) is 0 Å². The van der Waals surface area contributed by atoms with Crippen molar-refractivity contribution in [1.82, 2.24) is 29.1 Å². The van der Waals surface area contributed by atoms with Crippen molar-refractivity contribution >= 4 is 75.9 Å². The van der Waals surface area contributed by atoms with Gasteiger partial charge in [-0.2, -0.15) is 0 Å². The second kappa shape index (κ2) is 11.7. The molecule has 8 aromatic carbocycles. The van der Waals surface area contributed by atoms with E-state index in [1.54, 1.807) is 0 Å². The van der Waals surface area contributed by atoms with Crippen LogP contribution in [0.25, 0.3) is 110 Å². The Hall–Kier alpha value is -7.70. The second-order valence-corrected chi connectivity index (χ2v) is 16.3. The fraction of sp³-hybridized carbons (Fsp3) is 0.0566. The summed E-state index contributed by atoms with van der Waals surface area (Å²) < 4.78 is 4.52. The van der Waals surface area contributed by atoms with Crippen molar-refractivity contribution in [3.63, 3.8) is 0 Å². The van der Waals surface area contributed by atoms with Gasteiger partial charge in [0.15, 0.2) is 11.6 Å². The maximum absolute atomic E-state index is 5.12. The van der Waals surface area contributed by atoms with Crippen LogP contribution in [0.3, 0.4) is 0 Å². The van der Waals surface area contributed by atoms with E-state index in [2.05, 4.69) is 169 Å². The number of rotatable bonds is 4. The van der Waals surface area contributed by atoms with E-state index < -0.39 is 0 Å². The topological polar surface area (TPSA) is 61.4 Å². The molecule has 0 amide bonds. The second-order valence-electron chi connectivity index (χ2n) is 16.3. The number of fused-ring (bicyclic) bond motifs is 6. The van der Waals surface area contributed by atoms with Gasteiger partial charge >= 0.3 is 0 Å². The number of nitrogens with zero attached hydrogens (tertiary/aromatic N) is 6. The van der Waals surface area contributed by atoms with Gasteiger partial charge in [0.1, 0.15) is 0 Å². The van der Waals surface area contributed by atoms with Crippen LogP contribution < -0.4 is 0 Å². The molecule has 1 aliphatic rings. The number of hydrogen-bond acceptors (Lipinski definition) is 4. The third-order valence-electron chi connectivity index (χ3n) is 12.9. The summed E-state index contributed by atoms with van der Waals surface area (Å²) in [4.78, 5) is 20.5. The molecule has 4 aromatic heterocycles. The van der Waals surface area contributed by atoms with Crippen LogP contribution >= 0.6 is 0 Å². The van der Waals surface area contributed by atoms with E-state index >= 15 is 0 Å². The highest BCUT2D eigenvalue weighted by molar-refractivity contribution is 6.29. The monoisotopic (exact) mass is 754 g/mol. The molecule has 13 rings (SSSR count). The highest BCUT2D eigenvalue weighted by atomic mass is 15.0. The van der Waals surface area contributed by atoms with Gasteiger partial charge in [-0.1, -0.05) is 123 Å². The van der Waals surface area contributed by atoms with Gasteiger partial charge in [0.05, 0.1) is 58.2 Å². The first-order valence-corrected chi connectivity index (χ1v) is 20.1. The Bertz CT molecular complexity index is 3390. The van der Waals surface area contributed by atoms with E-state index in [0.29, 0.717) is 11.6 Å². The molecule has 0 saturated carbocycles. The van der Waals surface area contributed by atoms with Crippen LogP contribution in [0.15, 0.2) is 170 Å². The zero-order valence-corrected chi connectivity index (χ0v) is 32.3. The highest BCUT2D eigenvalue weighted by Crippen LogP contribution is 2.52. The summed E-state index contributed by atoms with van der Waals surface area (Å²) in [6, 6.07) is 52.1. The van der Waals surface area contributed by atoms with Crippen LogP contribution in [-0.2, 0) is 5.41 Å². The molecule has 0 bridgehead atoms. The van der Waals surface area contributed by atoms with Crippen molar-refractivity contribution in [3.8, 4) is 34.2 Å². The van der Waals surface area contributed by atoms with Crippen molar-refractivity contribution in [2.75, 3.05) is 0 Å². The lowest BCUT2D eigenvalue weighted by atomic mass is 9.68. The fourth-order valence-corrected chi connectivity index (χ4v) is 10.3. The Morgan fingerprint density at radius 3 is 1.08 bits per heavy atom. The summed E-state index contributed by atoms with van der Waals surface area (Å²) in [7, 11) is 0. The van der Waals surface area contributed by atoms with E-state index in [1.165, 1.54) is 48.8 Å². The predicted octanol–water partition coefficient (Wildman–Crippen LogP) is 12.9. The van der Waals surface area contributed by atoms with E-state index in [9.17, 15) is 0 Å². The standard InChI is InChI=1S/C53H34N6/c1-53(2)42-19-11-17-38-40(51-54-27-32(28-55-51)58-44-21-7-3-13-34(44)35-14-4-8-22-45(35)58)25-31-26-41(39-18-12-20-43(53)50(39)48(31)49(38)42)52-56-29-33(30-57-52)59-46-23-9-5-15-36(46)37-16-6-10-24-47(37)59/h3-30H,1-2H3. The minimum Gasteiger partial charge on any atom is -0.306 e. The van der Waals surface area contributed by atoms with Crippen LogP contribution in [0.2, 0.25) is 0 Å². The largest absolute Gasteiger partial charge is 0.306 e. The molecule has 1 aliphatic carbocycles. The third kappa shape index (κ3) is 4.35. The number of hydrogen-bond donors (Lipinski definition) is 0. The van der Waals surface area contributed by atoms with Gasteiger partial charge in [-0.15, -0.1) is 0 Å². The quantitative estimate of drug-likeness (QED) is 0.168. The van der Waals surface area contributed by atoms with Crippen molar-refractivity contribution in [1.29, 1.82) is 0 Å². The molecule has 0 N–H and O–H groups in total. The summed E-state index contributed by atoms with van der Waals surface area (Å²) in [5.74, 6) is 1.39. The molecule has 59 heavy (non-hydrogen) atoms. The van der Waals surface area contributed by atoms with Crippen molar-refractivity contribution < 1.29 is 0 Å².